The van der Waals surface area contributed by atoms with Gasteiger partial charge in [-0.05, 0) is 69.0 Å². The van der Waals surface area contributed by atoms with Crippen LogP contribution in [0.15, 0.2) is 42.5 Å². The average Bonchev–Trinajstić information content (AvgIpc) is 2.78. The lowest BCUT2D eigenvalue weighted by atomic mass is 9.91. The summed E-state index contributed by atoms with van der Waals surface area (Å²) in [6.45, 7) is 3.60. The van der Waals surface area contributed by atoms with Gasteiger partial charge < -0.3 is 15.5 Å². The van der Waals surface area contributed by atoms with Crippen molar-refractivity contribution in [2.75, 3.05) is 6.54 Å². The molecule has 2 unspecified atom stereocenters. The lowest BCUT2D eigenvalue weighted by Gasteiger charge is -2.40. The summed E-state index contributed by atoms with van der Waals surface area (Å²) < 4.78 is 80.1. The molecule has 3 rings (SSSR count). The van der Waals surface area contributed by atoms with E-state index in [1.807, 2.05) is 0 Å². The predicted octanol–water partition coefficient (Wildman–Crippen LogP) is 6.30. The van der Waals surface area contributed by atoms with E-state index in [2.05, 4.69) is 10.6 Å². The van der Waals surface area contributed by atoms with Crippen LogP contribution in [0.2, 0.25) is 5.02 Å². The van der Waals surface area contributed by atoms with Gasteiger partial charge in [0.05, 0.1) is 11.1 Å². The Hall–Kier alpha value is -2.95. The van der Waals surface area contributed by atoms with Crippen molar-refractivity contribution < 1.29 is 35.9 Å². The molecule has 37 heavy (non-hydrogen) atoms. The number of hydrogen-bond acceptors (Lipinski definition) is 2. The molecule has 0 aliphatic carbocycles. The van der Waals surface area contributed by atoms with Gasteiger partial charge in [0.2, 0.25) is 0 Å². The fourth-order valence-electron chi connectivity index (χ4n) is 4.27. The van der Waals surface area contributed by atoms with Gasteiger partial charge in [-0.15, -0.1) is 0 Å². The summed E-state index contributed by atoms with van der Waals surface area (Å²) in [5.74, 6) is -0.944. The minimum Gasteiger partial charge on any atom is -0.336 e. The first kappa shape index (κ1) is 28.6. The van der Waals surface area contributed by atoms with Crippen LogP contribution in [0.3, 0.4) is 0 Å². The van der Waals surface area contributed by atoms with Gasteiger partial charge in [0.25, 0.3) is 5.91 Å². The first-order chi connectivity index (χ1) is 17.1. The van der Waals surface area contributed by atoms with Crippen molar-refractivity contribution in [2.24, 2.45) is 0 Å². The molecule has 12 heteroatoms. The third kappa shape index (κ3) is 7.77. The molecular formula is C25H26ClF6N3O2. The van der Waals surface area contributed by atoms with Crippen LogP contribution < -0.4 is 10.6 Å². The molecule has 2 aromatic carbocycles. The number of nitrogens with zero attached hydrogens (tertiary/aromatic N) is 1. The number of piperidine rings is 1. The normalized spacial score (nSPS) is 18.6. The van der Waals surface area contributed by atoms with Crippen molar-refractivity contribution in [1.29, 1.82) is 0 Å². The molecule has 2 N–H and O–H groups in total. The summed E-state index contributed by atoms with van der Waals surface area (Å²) >= 11 is 5.94. The van der Waals surface area contributed by atoms with Crippen molar-refractivity contribution in [2.45, 2.75) is 63.6 Å². The maximum absolute atomic E-state index is 13.4. The highest BCUT2D eigenvalue weighted by Crippen LogP contribution is 2.37. The van der Waals surface area contributed by atoms with Crippen LogP contribution in [0.25, 0.3) is 0 Å². The maximum Gasteiger partial charge on any atom is 0.416 e. The Kier molecular flexibility index (Phi) is 8.66. The molecule has 0 spiro atoms. The Labute approximate surface area is 215 Å². The van der Waals surface area contributed by atoms with Crippen molar-refractivity contribution >= 4 is 23.5 Å². The highest BCUT2D eigenvalue weighted by molar-refractivity contribution is 6.30. The minimum absolute atomic E-state index is 0.00847. The zero-order valence-corrected chi connectivity index (χ0v) is 20.8. The van der Waals surface area contributed by atoms with Gasteiger partial charge in [-0.2, -0.15) is 26.3 Å². The van der Waals surface area contributed by atoms with E-state index in [0.717, 1.165) is 5.56 Å². The summed E-state index contributed by atoms with van der Waals surface area (Å²) in [6, 6.07) is 6.12. The topological polar surface area (TPSA) is 61.4 Å². The number of alkyl halides is 6. The number of urea groups is 1. The van der Waals surface area contributed by atoms with Crippen LogP contribution in [0.4, 0.5) is 31.1 Å². The molecular weight excluding hydrogens is 524 g/mol. The number of rotatable bonds is 5. The van der Waals surface area contributed by atoms with Gasteiger partial charge >= 0.3 is 18.4 Å². The van der Waals surface area contributed by atoms with Gasteiger partial charge in [-0.3, -0.25) is 4.79 Å². The van der Waals surface area contributed by atoms with E-state index in [1.54, 1.807) is 38.1 Å². The molecule has 0 saturated carbocycles. The van der Waals surface area contributed by atoms with Gasteiger partial charge in [0, 0.05) is 35.3 Å². The molecule has 3 amide bonds. The lowest BCUT2D eigenvalue weighted by Crippen LogP contribution is -2.54. The molecule has 0 bridgehead atoms. The fourth-order valence-corrected chi connectivity index (χ4v) is 4.40. The standard InChI is InChI=1S/C25H26ClF6N3O2/c1-14(2)33-23(37)34-20-7-8-35(21(13-20)9-15-3-5-19(26)6-4-15)22(36)16-10-17(24(27,28)29)12-18(11-16)25(30,31)32/h3-6,10-12,14,20-21H,7-9,13H2,1-2H3,(H2,33,34,37). The van der Waals surface area contributed by atoms with Crippen LogP contribution in [0, 0.1) is 0 Å². The monoisotopic (exact) mass is 549 g/mol. The van der Waals surface area contributed by atoms with Crippen molar-refractivity contribution in [3.63, 3.8) is 0 Å². The third-order valence-corrected chi connectivity index (χ3v) is 6.20. The lowest BCUT2D eigenvalue weighted by molar-refractivity contribution is -0.143. The van der Waals surface area contributed by atoms with Crippen LogP contribution in [-0.4, -0.2) is 41.5 Å². The highest BCUT2D eigenvalue weighted by atomic mass is 35.5. The van der Waals surface area contributed by atoms with Crippen LogP contribution in [0.1, 0.15) is 53.7 Å². The van der Waals surface area contributed by atoms with Crippen LogP contribution >= 0.6 is 11.6 Å². The van der Waals surface area contributed by atoms with E-state index in [4.69, 9.17) is 11.6 Å². The van der Waals surface area contributed by atoms with Gasteiger partial charge in [-0.1, -0.05) is 23.7 Å². The fraction of sp³-hybridized carbons (Fsp3) is 0.440. The predicted molar refractivity (Wildman–Crippen MR) is 126 cm³/mol. The number of nitrogens with one attached hydrogen (secondary N) is 2. The highest BCUT2D eigenvalue weighted by Gasteiger charge is 2.39. The van der Waals surface area contributed by atoms with Crippen LogP contribution in [0.5, 0.6) is 0 Å². The summed E-state index contributed by atoms with van der Waals surface area (Å²) in [5, 5.41) is 6.01. The molecule has 1 fully saturated rings. The molecule has 2 atom stereocenters. The maximum atomic E-state index is 13.4. The van der Waals surface area contributed by atoms with E-state index < -0.39 is 47.0 Å². The number of carbonyl (C=O) groups excluding carboxylic acids is 2. The number of amides is 3. The Morgan fingerprint density at radius 2 is 1.57 bits per heavy atom. The molecule has 1 aliphatic rings. The van der Waals surface area contributed by atoms with E-state index in [1.165, 1.54) is 4.90 Å². The molecule has 0 radical (unpaired) electrons. The zero-order valence-electron chi connectivity index (χ0n) is 20.0. The molecule has 1 aliphatic heterocycles. The molecule has 2 aromatic rings. The third-order valence-electron chi connectivity index (χ3n) is 5.95. The Morgan fingerprint density at radius 3 is 2.08 bits per heavy atom. The second-order valence-corrected chi connectivity index (χ2v) is 9.71. The first-order valence-electron chi connectivity index (χ1n) is 11.6. The van der Waals surface area contributed by atoms with E-state index in [0.29, 0.717) is 17.2 Å². The molecule has 1 heterocycles. The summed E-state index contributed by atoms with van der Waals surface area (Å²) in [6.07, 6.45) is -9.35. The van der Waals surface area contributed by atoms with Gasteiger partial charge in [0.15, 0.2) is 0 Å². The second-order valence-electron chi connectivity index (χ2n) is 9.27. The van der Waals surface area contributed by atoms with Crippen LogP contribution in [-0.2, 0) is 18.8 Å². The smallest absolute Gasteiger partial charge is 0.336 e. The molecule has 5 nitrogen and oxygen atoms in total. The van der Waals surface area contributed by atoms with Gasteiger partial charge in [-0.25, -0.2) is 4.79 Å². The van der Waals surface area contributed by atoms with E-state index in [9.17, 15) is 35.9 Å². The molecule has 1 saturated heterocycles. The second kappa shape index (κ2) is 11.2. The number of hydrogen-bond donors (Lipinski definition) is 2. The van der Waals surface area contributed by atoms with E-state index in [-0.39, 0.29) is 44.0 Å². The Morgan fingerprint density at radius 1 is 1.00 bits per heavy atom. The van der Waals surface area contributed by atoms with Crippen molar-refractivity contribution in [1.82, 2.24) is 15.5 Å². The van der Waals surface area contributed by atoms with Gasteiger partial charge in [0.1, 0.15) is 0 Å². The van der Waals surface area contributed by atoms with E-state index >= 15 is 0 Å². The summed E-state index contributed by atoms with van der Waals surface area (Å²) in [7, 11) is 0. The minimum atomic E-state index is -5.07. The summed E-state index contributed by atoms with van der Waals surface area (Å²) in [4.78, 5) is 26.8. The quantitative estimate of drug-likeness (QED) is 0.430. The SMILES string of the molecule is CC(C)NC(=O)NC1CCN(C(=O)c2cc(C(F)(F)F)cc(C(F)(F)F)c2)C(Cc2ccc(Cl)cc2)C1. The number of carbonyl (C=O) groups is 2. The average molecular weight is 550 g/mol. The molecule has 202 valence electrons. The first-order valence-corrected chi connectivity index (χ1v) is 11.9. The molecule has 0 aromatic heterocycles. The zero-order chi connectivity index (χ0) is 27.5. The number of likely N-dealkylation sites (tertiary alicyclic amines) is 1. The largest absolute Gasteiger partial charge is 0.416 e. The Bertz CT molecular complexity index is 1090. The number of benzene rings is 2. The van der Waals surface area contributed by atoms with Crippen molar-refractivity contribution in [3.05, 3.63) is 69.7 Å². The van der Waals surface area contributed by atoms with Crippen molar-refractivity contribution in [3.8, 4) is 0 Å². The Balaban J connectivity index is 1.93. The summed E-state index contributed by atoms with van der Waals surface area (Å²) in [5.41, 5.74) is -3.05. The number of halogens is 7.